The van der Waals surface area contributed by atoms with Gasteiger partial charge in [0.2, 0.25) is 11.9 Å². The van der Waals surface area contributed by atoms with Gasteiger partial charge in [0, 0.05) is 43.3 Å². The van der Waals surface area contributed by atoms with Gasteiger partial charge in [0.15, 0.2) is 0 Å². The van der Waals surface area contributed by atoms with Crippen LogP contribution in [-0.2, 0) is 22.5 Å². The van der Waals surface area contributed by atoms with Gasteiger partial charge in [0.25, 0.3) is 5.91 Å². The maximum Gasteiger partial charge on any atom is 0.255 e. The van der Waals surface area contributed by atoms with Crippen LogP contribution < -0.4 is 10.6 Å². The van der Waals surface area contributed by atoms with E-state index in [4.69, 9.17) is 16.3 Å². The quantitative estimate of drug-likeness (QED) is 0.432. The Bertz CT molecular complexity index is 1430. The van der Waals surface area contributed by atoms with Gasteiger partial charge < -0.3 is 25.4 Å². The molecule has 39 heavy (non-hydrogen) atoms. The van der Waals surface area contributed by atoms with Crippen LogP contribution in [0.3, 0.4) is 0 Å². The van der Waals surface area contributed by atoms with E-state index in [1.54, 1.807) is 24.1 Å². The average Bonchev–Trinajstić information content (AvgIpc) is 3.45. The highest BCUT2D eigenvalue weighted by atomic mass is 35.5. The third-order valence-electron chi connectivity index (χ3n) is 7.86. The summed E-state index contributed by atoms with van der Waals surface area (Å²) in [7, 11) is 0. The highest BCUT2D eigenvalue weighted by Crippen LogP contribution is 2.34. The number of nitrogens with zero attached hydrogens (tertiary/aromatic N) is 3. The standard InChI is InChI=1S/C29H30ClN5O4/c1-16(27(37)33-26-21-5-3-2-4-17(21)13-24(26)36)35-15-19-7-6-18(12-22(19)28(35)38)25-23(30)14-31-29(34-25)32-20-8-10-39-11-9-20/h2-7,12,14,16,20,24,26,36H,8-11,13,15H2,1H3,(H,33,37)(H,31,32,34)/t16-,24-,26+/m1/s1. The number of ether oxygens (including phenoxy) is 1. The van der Waals surface area contributed by atoms with Crippen molar-refractivity contribution in [3.8, 4) is 11.3 Å². The van der Waals surface area contributed by atoms with Gasteiger partial charge in [0.1, 0.15) is 6.04 Å². The van der Waals surface area contributed by atoms with Crippen LogP contribution in [0.2, 0.25) is 5.02 Å². The largest absolute Gasteiger partial charge is 0.390 e. The topological polar surface area (TPSA) is 117 Å². The molecule has 0 spiro atoms. The van der Waals surface area contributed by atoms with Crippen LogP contribution in [0.1, 0.15) is 52.9 Å². The molecule has 9 nitrogen and oxygen atoms in total. The lowest BCUT2D eigenvalue weighted by Gasteiger charge is -2.26. The van der Waals surface area contributed by atoms with Crippen LogP contribution in [0.5, 0.6) is 0 Å². The van der Waals surface area contributed by atoms with E-state index in [0.717, 1.165) is 29.5 Å². The van der Waals surface area contributed by atoms with E-state index in [1.807, 2.05) is 36.4 Å². The second-order valence-electron chi connectivity index (χ2n) is 10.4. The summed E-state index contributed by atoms with van der Waals surface area (Å²) < 4.78 is 5.42. The Morgan fingerprint density at radius 3 is 2.79 bits per heavy atom. The summed E-state index contributed by atoms with van der Waals surface area (Å²) >= 11 is 6.47. The Kier molecular flexibility index (Phi) is 6.97. The zero-order chi connectivity index (χ0) is 27.1. The summed E-state index contributed by atoms with van der Waals surface area (Å²) in [6.07, 6.45) is 3.11. The number of carbonyl (C=O) groups is 2. The lowest BCUT2D eigenvalue weighted by atomic mass is 10.0. The van der Waals surface area contributed by atoms with Crippen molar-refractivity contribution >= 4 is 29.4 Å². The van der Waals surface area contributed by atoms with Gasteiger partial charge in [-0.3, -0.25) is 9.59 Å². The van der Waals surface area contributed by atoms with Crippen LogP contribution in [0, 0.1) is 0 Å². The molecule has 2 amide bonds. The smallest absolute Gasteiger partial charge is 0.255 e. The molecule has 6 rings (SSSR count). The highest BCUT2D eigenvalue weighted by Gasteiger charge is 2.37. The van der Waals surface area contributed by atoms with Crippen molar-refractivity contribution in [2.75, 3.05) is 18.5 Å². The fourth-order valence-electron chi connectivity index (χ4n) is 5.61. The van der Waals surface area contributed by atoms with Gasteiger partial charge in [0.05, 0.1) is 29.1 Å². The lowest BCUT2D eigenvalue weighted by Crippen LogP contribution is -2.47. The average molecular weight is 548 g/mol. The molecule has 3 heterocycles. The van der Waals surface area contributed by atoms with Gasteiger partial charge in [-0.2, -0.15) is 0 Å². The minimum atomic E-state index is -0.716. The van der Waals surface area contributed by atoms with Crippen molar-refractivity contribution in [2.45, 2.75) is 57.0 Å². The second kappa shape index (κ2) is 10.6. The molecule has 0 bridgehead atoms. The highest BCUT2D eigenvalue weighted by molar-refractivity contribution is 6.33. The first-order chi connectivity index (χ1) is 18.9. The fourth-order valence-corrected chi connectivity index (χ4v) is 5.81. The molecule has 1 aromatic heterocycles. The number of aromatic nitrogens is 2. The van der Waals surface area contributed by atoms with Crippen molar-refractivity contribution in [1.82, 2.24) is 20.2 Å². The summed E-state index contributed by atoms with van der Waals surface area (Å²) in [6, 6.07) is 12.3. The van der Waals surface area contributed by atoms with E-state index in [1.165, 1.54) is 0 Å². The van der Waals surface area contributed by atoms with Crippen LogP contribution in [-0.4, -0.2) is 63.2 Å². The van der Waals surface area contributed by atoms with Crippen molar-refractivity contribution in [1.29, 1.82) is 0 Å². The van der Waals surface area contributed by atoms with Crippen molar-refractivity contribution in [3.63, 3.8) is 0 Å². The first-order valence-electron chi connectivity index (χ1n) is 13.3. The molecule has 3 aliphatic rings. The lowest BCUT2D eigenvalue weighted by molar-refractivity contribution is -0.126. The third-order valence-corrected chi connectivity index (χ3v) is 8.14. The molecule has 10 heteroatoms. The maximum atomic E-state index is 13.4. The summed E-state index contributed by atoms with van der Waals surface area (Å²) in [5, 5.41) is 17.2. The predicted molar refractivity (Wildman–Crippen MR) is 146 cm³/mol. The van der Waals surface area contributed by atoms with E-state index in [0.29, 0.717) is 54.0 Å². The number of aliphatic hydroxyl groups excluding tert-OH is 1. The van der Waals surface area contributed by atoms with E-state index in [9.17, 15) is 14.7 Å². The first-order valence-corrected chi connectivity index (χ1v) is 13.6. The van der Waals surface area contributed by atoms with Crippen LogP contribution in [0.25, 0.3) is 11.3 Å². The number of benzene rings is 2. The summed E-state index contributed by atoms with van der Waals surface area (Å²) in [5.74, 6) is -0.0527. The molecule has 1 saturated heterocycles. The summed E-state index contributed by atoms with van der Waals surface area (Å²) in [5.41, 5.74) is 4.53. The monoisotopic (exact) mass is 547 g/mol. The molecule has 202 valence electrons. The molecule has 3 N–H and O–H groups in total. The van der Waals surface area contributed by atoms with Gasteiger partial charge in [-0.1, -0.05) is 48.0 Å². The SMILES string of the molecule is C[C@H](C(=O)N[C@H]1c2ccccc2C[C@H]1O)N1Cc2ccc(-c3nc(NC4CCOCC4)ncc3Cl)cc2C1=O. The van der Waals surface area contributed by atoms with E-state index in [-0.39, 0.29) is 17.9 Å². The number of rotatable bonds is 6. The molecule has 0 unspecified atom stereocenters. The van der Waals surface area contributed by atoms with E-state index < -0.39 is 18.2 Å². The first kappa shape index (κ1) is 25.7. The Morgan fingerprint density at radius 2 is 1.97 bits per heavy atom. The van der Waals surface area contributed by atoms with Gasteiger partial charge in [-0.05, 0) is 42.5 Å². The number of anilines is 1. The van der Waals surface area contributed by atoms with Crippen molar-refractivity contribution < 1.29 is 19.4 Å². The van der Waals surface area contributed by atoms with Crippen molar-refractivity contribution in [2.24, 2.45) is 0 Å². The van der Waals surface area contributed by atoms with Crippen LogP contribution >= 0.6 is 11.6 Å². The molecule has 2 aromatic carbocycles. The number of amides is 2. The van der Waals surface area contributed by atoms with E-state index >= 15 is 0 Å². The molecule has 0 radical (unpaired) electrons. The second-order valence-corrected chi connectivity index (χ2v) is 10.8. The Balaban J connectivity index is 1.18. The molecule has 1 aliphatic carbocycles. The van der Waals surface area contributed by atoms with Crippen LogP contribution in [0.4, 0.5) is 5.95 Å². The zero-order valence-corrected chi connectivity index (χ0v) is 22.3. The molecule has 2 aliphatic heterocycles. The molecular formula is C29H30ClN5O4. The van der Waals surface area contributed by atoms with Gasteiger partial charge in [-0.15, -0.1) is 0 Å². The molecule has 3 aromatic rings. The van der Waals surface area contributed by atoms with Crippen molar-refractivity contribution in [3.05, 3.63) is 75.9 Å². The number of nitrogens with one attached hydrogen (secondary N) is 2. The predicted octanol–water partition coefficient (Wildman–Crippen LogP) is 3.51. The summed E-state index contributed by atoms with van der Waals surface area (Å²) in [6.45, 7) is 3.43. The third kappa shape index (κ3) is 4.97. The number of aliphatic hydroxyl groups is 1. The number of carbonyl (C=O) groups excluding carboxylic acids is 2. The fraction of sp³-hybridized carbons (Fsp3) is 0.379. The number of hydrogen-bond donors (Lipinski definition) is 3. The summed E-state index contributed by atoms with van der Waals surface area (Å²) in [4.78, 5) is 37.2. The van der Waals surface area contributed by atoms with Gasteiger partial charge in [-0.25, -0.2) is 9.97 Å². The molecule has 3 atom stereocenters. The van der Waals surface area contributed by atoms with E-state index in [2.05, 4.69) is 20.6 Å². The minimum absolute atomic E-state index is 0.229. The zero-order valence-electron chi connectivity index (χ0n) is 21.6. The Hall–Kier alpha value is -3.53. The number of fused-ring (bicyclic) bond motifs is 2. The Labute approximate surface area is 231 Å². The van der Waals surface area contributed by atoms with Crippen LogP contribution in [0.15, 0.2) is 48.7 Å². The molecular weight excluding hydrogens is 518 g/mol. The minimum Gasteiger partial charge on any atom is -0.390 e. The maximum absolute atomic E-state index is 13.4. The number of halogens is 1. The normalized spacial score (nSPS) is 21.4. The molecule has 0 saturated carbocycles. The Morgan fingerprint density at radius 1 is 1.18 bits per heavy atom. The number of hydrogen-bond acceptors (Lipinski definition) is 7. The van der Waals surface area contributed by atoms with Gasteiger partial charge >= 0.3 is 0 Å². The molecule has 1 fully saturated rings.